The fourth-order valence-corrected chi connectivity index (χ4v) is 4.07. The van der Waals surface area contributed by atoms with Crippen molar-refractivity contribution in [2.24, 2.45) is 0 Å². The van der Waals surface area contributed by atoms with Crippen LogP contribution in [0.15, 0.2) is 81.9 Å². The Morgan fingerprint density at radius 1 is 1.12 bits per heavy atom. The lowest BCUT2D eigenvalue weighted by Gasteiger charge is -2.12. The Balaban J connectivity index is 1.74. The van der Waals surface area contributed by atoms with Crippen molar-refractivity contribution in [3.63, 3.8) is 0 Å². The number of hydrogen-bond acceptors (Lipinski definition) is 3. The van der Waals surface area contributed by atoms with E-state index < -0.39 is 0 Å². The van der Waals surface area contributed by atoms with Crippen molar-refractivity contribution < 1.29 is 13.9 Å². The van der Waals surface area contributed by atoms with Crippen LogP contribution < -0.4 is 10.1 Å². The molecule has 1 aromatic heterocycles. The number of furan rings is 1. The van der Waals surface area contributed by atoms with Crippen LogP contribution in [0.2, 0.25) is 0 Å². The first kappa shape index (κ1) is 21.9. The number of allylic oxidation sites excluding steroid dienone is 1. The topological polar surface area (TPSA) is 51.5 Å². The van der Waals surface area contributed by atoms with Crippen LogP contribution in [0.3, 0.4) is 0 Å². The summed E-state index contributed by atoms with van der Waals surface area (Å²) >= 11 is 3.54. The predicted octanol–water partition coefficient (Wildman–Crippen LogP) is 7.61. The molecule has 0 radical (unpaired) electrons. The van der Waals surface area contributed by atoms with Gasteiger partial charge >= 0.3 is 0 Å². The molecular formula is C27H24BrNO3. The normalized spacial score (nSPS) is 11.6. The summed E-state index contributed by atoms with van der Waals surface area (Å²) in [6, 6.07) is 19.7. The van der Waals surface area contributed by atoms with Crippen LogP contribution in [0.4, 0.5) is 5.69 Å². The highest BCUT2D eigenvalue weighted by molar-refractivity contribution is 9.10. The zero-order valence-corrected chi connectivity index (χ0v) is 19.8. The molecule has 5 heteroatoms. The zero-order chi connectivity index (χ0) is 22.7. The molecule has 162 valence electrons. The monoisotopic (exact) mass is 489 g/mol. The molecule has 0 aliphatic rings. The molecular weight excluding hydrogens is 466 g/mol. The maximum absolute atomic E-state index is 12.7. The highest BCUT2D eigenvalue weighted by atomic mass is 79.9. The summed E-state index contributed by atoms with van der Waals surface area (Å²) in [6.07, 6.45) is 3.37. The van der Waals surface area contributed by atoms with Crippen LogP contribution in [-0.2, 0) is 4.79 Å². The molecule has 1 amide bonds. The Kier molecular flexibility index (Phi) is 6.47. The van der Waals surface area contributed by atoms with Gasteiger partial charge in [-0.1, -0.05) is 46.3 Å². The molecule has 4 aromatic rings. The first-order valence-electron chi connectivity index (χ1n) is 10.5. The SMILES string of the molecule is CCOc1cc2occ(-c3cccc(Br)c3)c2cc1/C(C)=C/C(=O)Nc1ccccc1C. The van der Waals surface area contributed by atoms with E-state index in [-0.39, 0.29) is 5.91 Å². The van der Waals surface area contributed by atoms with Crippen LogP contribution in [0.1, 0.15) is 25.0 Å². The fourth-order valence-electron chi connectivity index (χ4n) is 3.67. The summed E-state index contributed by atoms with van der Waals surface area (Å²) in [4.78, 5) is 12.7. The van der Waals surface area contributed by atoms with E-state index in [1.807, 2.05) is 75.4 Å². The number of fused-ring (bicyclic) bond motifs is 1. The van der Waals surface area contributed by atoms with E-state index in [4.69, 9.17) is 9.15 Å². The molecule has 0 spiro atoms. The molecule has 0 aliphatic carbocycles. The van der Waals surface area contributed by atoms with Gasteiger partial charge in [0.25, 0.3) is 0 Å². The van der Waals surface area contributed by atoms with Crippen LogP contribution >= 0.6 is 15.9 Å². The lowest BCUT2D eigenvalue weighted by atomic mass is 9.99. The van der Waals surface area contributed by atoms with E-state index in [9.17, 15) is 4.79 Å². The number of carbonyl (C=O) groups excluding carboxylic acids is 1. The summed E-state index contributed by atoms with van der Waals surface area (Å²) in [5.74, 6) is 0.506. The largest absolute Gasteiger partial charge is 0.493 e. The van der Waals surface area contributed by atoms with Gasteiger partial charge in [0, 0.05) is 38.8 Å². The van der Waals surface area contributed by atoms with Crippen LogP contribution in [0.25, 0.3) is 27.7 Å². The highest BCUT2D eigenvalue weighted by Crippen LogP contribution is 2.38. The Bertz CT molecular complexity index is 1320. The van der Waals surface area contributed by atoms with Crippen molar-refractivity contribution in [3.05, 3.63) is 88.6 Å². The second kappa shape index (κ2) is 9.45. The molecule has 0 fully saturated rings. The van der Waals surface area contributed by atoms with E-state index in [0.29, 0.717) is 12.4 Å². The van der Waals surface area contributed by atoms with E-state index in [0.717, 1.165) is 49.0 Å². The molecule has 4 nitrogen and oxygen atoms in total. The number of ether oxygens (including phenoxy) is 1. The summed E-state index contributed by atoms with van der Waals surface area (Å²) in [6.45, 7) is 6.34. The Morgan fingerprint density at radius 3 is 2.69 bits per heavy atom. The van der Waals surface area contributed by atoms with Gasteiger partial charge in [0.1, 0.15) is 11.3 Å². The van der Waals surface area contributed by atoms with Gasteiger partial charge in [-0.3, -0.25) is 4.79 Å². The van der Waals surface area contributed by atoms with Gasteiger partial charge in [0.2, 0.25) is 5.91 Å². The van der Waals surface area contributed by atoms with Crippen molar-refractivity contribution in [2.45, 2.75) is 20.8 Å². The highest BCUT2D eigenvalue weighted by Gasteiger charge is 2.15. The maximum atomic E-state index is 12.7. The number of anilines is 1. The van der Waals surface area contributed by atoms with Gasteiger partial charge in [-0.15, -0.1) is 0 Å². The molecule has 0 saturated heterocycles. The first-order valence-corrected chi connectivity index (χ1v) is 11.2. The number of hydrogen-bond donors (Lipinski definition) is 1. The molecule has 0 bridgehead atoms. The predicted molar refractivity (Wildman–Crippen MR) is 134 cm³/mol. The number of carbonyl (C=O) groups is 1. The van der Waals surface area contributed by atoms with Crippen LogP contribution in [-0.4, -0.2) is 12.5 Å². The molecule has 0 unspecified atom stereocenters. The van der Waals surface area contributed by atoms with Gasteiger partial charge in [-0.05, 0) is 61.7 Å². The van der Waals surface area contributed by atoms with Crippen LogP contribution in [0, 0.1) is 6.92 Å². The molecule has 0 saturated carbocycles. The zero-order valence-electron chi connectivity index (χ0n) is 18.2. The Hall–Kier alpha value is -3.31. The third-order valence-electron chi connectivity index (χ3n) is 5.29. The third-order valence-corrected chi connectivity index (χ3v) is 5.78. The second-order valence-electron chi connectivity index (χ2n) is 7.57. The molecule has 32 heavy (non-hydrogen) atoms. The number of benzene rings is 3. The molecule has 0 aliphatic heterocycles. The molecule has 1 heterocycles. The van der Waals surface area contributed by atoms with E-state index >= 15 is 0 Å². The number of nitrogens with one attached hydrogen (secondary N) is 1. The lowest BCUT2D eigenvalue weighted by molar-refractivity contribution is -0.111. The lowest BCUT2D eigenvalue weighted by Crippen LogP contribution is -2.09. The molecule has 4 rings (SSSR count). The minimum Gasteiger partial charge on any atom is -0.493 e. The van der Waals surface area contributed by atoms with Gasteiger partial charge in [0.15, 0.2) is 0 Å². The Labute approximate surface area is 196 Å². The summed E-state index contributed by atoms with van der Waals surface area (Å²) in [7, 11) is 0. The number of amides is 1. The van der Waals surface area contributed by atoms with Crippen molar-refractivity contribution in [3.8, 4) is 16.9 Å². The average molecular weight is 490 g/mol. The average Bonchev–Trinajstić information content (AvgIpc) is 3.18. The second-order valence-corrected chi connectivity index (χ2v) is 8.48. The van der Waals surface area contributed by atoms with Crippen LogP contribution in [0.5, 0.6) is 5.75 Å². The summed E-state index contributed by atoms with van der Waals surface area (Å²) < 4.78 is 12.7. The molecule has 3 aromatic carbocycles. The number of rotatable bonds is 6. The Morgan fingerprint density at radius 2 is 1.94 bits per heavy atom. The molecule has 0 atom stereocenters. The van der Waals surface area contributed by atoms with Crippen molar-refractivity contribution in [1.29, 1.82) is 0 Å². The van der Waals surface area contributed by atoms with E-state index in [1.165, 1.54) is 0 Å². The standard InChI is InChI=1S/C27H24BrNO3/c1-4-31-25-15-26-22(23(16-32-26)19-9-7-10-20(28)13-19)14-21(25)18(3)12-27(30)29-24-11-6-5-8-17(24)2/h5-16H,4H2,1-3H3,(H,29,30)/b18-12+. The minimum atomic E-state index is -0.182. The smallest absolute Gasteiger partial charge is 0.248 e. The van der Waals surface area contributed by atoms with Gasteiger partial charge in [-0.2, -0.15) is 0 Å². The van der Waals surface area contributed by atoms with E-state index in [2.05, 4.69) is 27.3 Å². The maximum Gasteiger partial charge on any atom is 0.248 e. The third kappa shape index (κ3) is 4.63. The van der Waals surface area contributed by atoms with Gasteiger partial charge in [0.05, 0.1) is 12.9 Å². The number of halogens is 1. The fraction of sp³-hybridized carbons (Fsp3) is 0.148. The van der Waals surface area contributed by atoms with Crippen molar-refractivity contribution in [2.75, 3.05) is 11.9 Å². The molecule has 1 N–H and O–H groups in total. The number of aryl methyl sites for hydroxylation is 1. The van der Waals surface area contributed by atoms with Crippen molar-refractivity contribution >= 4 is 44.1 Å². The first-order chi connectivity index (χ1) is 15.5. The number of para-hydroxylation sites is 1. The van der Waals surface area contributed by atoms with Gasteiger partial charge in [-0.25, -0.2) is 0 Å². The minimum absolute atomic E-state index is 0.182. The summed E-state index contributed by atoms with van der Waals surface area (Å²) in [5.41, 5.74) is 6.26. The van der Waals surface area contributed by atoms with Crippen molar-refractivity contribution in [1.82, 2.24) is 0 Å². The summed E-state index contributed by atoms with van der Waals surface area (Å²) in [5, 5.41) is 3.92. The van der Waals surface area contributed by atoms with E-state index in [1.54, 1.807) is 12.3 Å². The quantitative estimate of drug-likeness (QED) is 0.283. The van der Waals surface area contributed by atoms with Gasteiger partial charge < -0.3 is 14.5 Å².